The molecule has 2 N–H and O–H groups in total. The molecule has 1 aromatic heterocycles. The number of aliphatic carboxylic acids is 1. The maximum atomic E-state index is 11.7. The van der Waals surface area contributed by atoms with Gasteiger partial charge in [-0.25, -0.2) is 9.78 Å². The van der Waals surface area contributed by atoms with Crippen LogP contribution in [0.3, 0.4) is 0 Å². The van der Waals surface area contributed by atoms with Crippen molar-refractivity contribution in [2.75, 3.05) is 5.32 Å². The van der Waals surface area contributed by atoms with Gasteiger partial charge in [0.2, 0.25) is 5.82 Å². The summed E-state index contributed by atoms with van der Waals surface area (Å²) in [6.45, 7) is 1.72. The van der Waals surface area contributed by atoms with Gasteiger partial charge in [-0.05, 0) is 25.8 Å². The molecule has 0 bridgehead atoms. The van der Waals surface area contributed by atoms with Crippen molar-refractivity contribution in [1.82, 2.24) is 4.98 Å². The Bertz CT molecular complexity index is 551. The van der Waals surface area contributed by atoms with E-state index in [2.05, 4.69) is 10.3 Å². The molecule has 7 heteroatoms. The fourth-order valence-electron chi connectivity index (χ4n) is 2.74. The van der Waals surface area contributed by atoms with E-state index < -0.39 is 16.4 Å². The number of rotatable bonds is 4. The monoisotopic (exact) mass is 293 g/mol. The van der Waals surface area contributed by atoms with Crippen LogP contribution in [0, 0.1) is 17.0 Å². The van der Waals surface area contributed by atoms with Gasteiger partial charge < -0.3 is 10.4 Å². The third-order valence-corrected chi connectivity index (χ3v) is 3.93. The molecule has 114 valence electrons. The van der Waals surface area contributed by atoms with Gasteiger partial charge >= 0.3 is 11.7 Å². The normalized spacial score (nSPS) is 17.8. The predicted octanol–water partition coefficient (Wildman–Crippen LogP) is 2.89. The lowest BCUT2D eigenvalue weighted by Gasteiger charge is -2.29. The van der Waals surface area contributed by atoms with E-state index >= 15 is 0 Å². The van der Waals surface area contributed by atoms with E-state index in [1.165, 1.54) is 6.07 Å². The zero-order valence-corrected chi connectivity index (χ0v) is 12.0. The van der Waals surface area contributed by atoms with Crippen LogP contribution in [-0.4, -0.2) is 26.5 Å². The first-order valence-corrected chi connectivity index (χ1v) is 7.08. The second kappa shape index (κ2) is 6.07. The summed E-state index contributed by atoms with van der Waals surface area (Å²) in [5.74, 6) is -0.925. The lowest BCUT2D eigenvalue weighted by molar-refractivity contribution is -0.384. The number of carbonyl (C=O) groups is 1. The first-order chi connectivity index (χ1) is 9.94. The minimum atomic E-state index is -1.16. The highest BCUT2D eigenvalue weighted by Gasteiger charge is 2.40. The molecular weight excluding hydrogens is 274 g/mol. The number of nitrogens with one attached hydrogen (secondary N) is 1. The number of nitrogens with zero attached hydrogens (tertiary/aromatic N) is 2. The van der Waals surface area contributed by atoms with E-state index in [0.29, 0.717) is 18.5 Å². The molecule has 0 saturated heterocycles. The Balaban J connectivity index is 2.39. The molecule has 0 atom stereocenters. The van der Waals surface area contributed by atoms with E-state index in [-0.39, 0.29) is 11.5 Å². The summed E-state index contributed by atoms with van der Waals surface area (Å²) in [5.41, 5.74) is -0.745. The maximum absolute atomic E-state index is 11.7. The van der Waals surface area contributed by atoms with Gasteiger partial charge in [-0.2, -0.15) is 0 Å². The second-order valence-electron chi connectivity index (χ2n) is 5.50. The summed E-state index contributed by atoms with van der Waals surface area (Å²) < 4.78 is 0. The van der Waals surface area contributed by atoms with E-state index in [0.717, 1.165) is 25.7 Å². The zero-order chi connectivity index (χ0) is 15.5. The molecule has 21 heavy (non-hydrogen) atoms. The molecule has 7 nitrogen and oxygen atoms in total. The van der Waals surface area contributed by atoms with Gasteiger partial charge in [0.25, 0.3) is 0 Å². The minimum Gasteiger partial charge on any atom is -0.480 e. The summed E-state index contributed by atoms with van der Waals surface area (Å²) in [5, 5.41) is 23.6. The number of nitro groups is 1. The fourth-order valence-corrected chi connectivity index (χ4v) is 2.74. The average Bonchev–Trinajstić information content (AvgIpc) is 2.65. The molecule has 0 unspecified atom stereocenters. The Morgan fingerprint density at radius 1 is 1.33 bits per heavy atom. The number of hydrogen-bond donors (Lipinski definition) is 2. The van der Waals surface area contributed by atoms with Crippen molar-refractivity contribution in [2.45, 2.75) is 51.0 Å². The van der Waals surface area contributed by atoms with Gasteiger partial charge in [0, 0.05) is 11.8 Å². The fraction of sp³-hybridized carbons (Fsp3) is 0.571. The van der Waals surface area contributed by atoms with E-state index in [1.807, 2.05) is 0 Å². The van der Waals surface area contributed by atoms with E-state index in [9.17, 15) is 20.0 Å². The predicted molar refractivity (Wildman–Crippen MR) is 77.3 cm³/mol. The molecule has 0 aliphatic heterocycles. The molecule has 0 spiro atoms. The van der Waals surface area contributed by atoms with Crippen molar-refractivity contribution in [3.05, 3.63) is 27.9 Å². The minimum absolute atomic E-state index is 0.0456. The molecule has 0 aromatic carbocycles. The van der Waals surface area contributed by atoms with Crippen molar-refractivity contribution in [2.24, 2.45) is 0 Å². The zero-order valence-electron chi connectivity index (χ0n) is 12.0. The second-order valence-corrected chi connectivity index (χ2v) is 5.50. The van der Waals surface area contributed by atoms with Gasteiger partial charge in [0.15, 0.2) is 0 Å². The van der Waals surface area contributed by atoms with Gasteiger partial charge in [-0.15, -0.1) is 0 Å². The van der Waals surface area contributed by atoms with E-state index in [1.54, 1.807) is 13.0 Å². The summed E-state index contributed by atoms with van der Waals surface area (Å²) in [7, 11) is 0. The largest absolute Gasteiger partial charge is 0.480 e. The van der Waals surface area contributed by atoms with Gasteiger partial charge in [0.1, 0.15) is 5.54 Å². The number of anilines is 1. The number of pyridine rings is 1. The van der Waals surface area contributed by atoms with Gasteiger partial charge in [-0.3, -0.25) is 10.1 Å². The highest BCUT2D eigenvalue weighted by atomic mass is 16.6. The van der Waals surface area contributed by atoms with E-state index in [4.69, 9.17) is 0 Å². The smallest absolute Gasteiger partial charge is 0.329 e. The Kier molecular flexibility index (Phi) is 4.40. The molecular formula is C14H19N3O4. The number of carboxylic acid groups (broad SMARTS) is 1. The summed E-state index contributed by atoms with van der Waals surface area (Å²) in [4.78, 5) is 26.4. The lowest BCUT2D eigenvalue weighted by Crippen LogP contribution is -2.46. The Morgan fingerprint density at radius 3 is 2.48 bits per heavy atom. The maximum Gasteiger partial charge on any atom is 0.329 e. The van der Waals surface area contributed by atoms with Crippen molar-refractivity contribution < 1.29 is 14.8 Å². The molecule has 1 aromatic rings. The highest BCUT2D eigenvalue weighted by molar-refractivity contribution is 5.83. The third-order valence-electron chi connectivity index (χ3n) is 3.93. The van der Waals surface area contributed by atoms with Crippen molar-refractivity contribution in [3.8, 4) is 0 Å². The van der Waals surface area contributed by atoms with Crippen LogP contribution in [-0.2, 0) is 4.79 Å². The van der Waals surface area contributed by atoms with Crippen LogP contribution in [0.4, 0.5) is 11.5 Å². The van der Waals surface area contributed by atoms with Crippen molar-refractivity contribution in [1.29, 1.82) is 0 Å². The number of aryl methyl sites for hydroxylation is 1. The first kappa shape index (κ1) is 15.2. The molecule has 1 fully saturated rings. The van der Waals surface area contributed by atoms with Crippen LogP contribution >= 0.6 is 0 Å². The van der Waals surface area contributed by atoms with Crippen LogP contribution in [0.15, 0.2) is 12.1 Å². The van der Waals surface area contributed by atoms with Crippen molar-refractivity contribution >= 4 is 17.5 Å². The Hall–Kier alpha value is -2.18. The Labute approximate surface area is 122 Å². The molecule has 2 rings (SSSR count). The molecule has 1 aliphatic rings. The average molecular weight is 293 g/mol. The van der Waals surface area contributed by atoms with Crippen LogP contribution in [0.1, 0.15) is 44.2 Å². The van der Waals surface area contributed by atoms with Crippen molar-refractivity contribution in [3.63, 3.8) is 0 Å². The lowest BCUT2D eigenvalue weighted by atomic mass is 9.90. The summed E-state index contributed by atoms with van der Waals surface area (Å²) >= 11 is 0. The third kappa shape index (κ3) is 3.29. The quantitative estimate of drug-likeness (QED) is 0.502. The number of hydrogen-bond acceptors (Lipinski definition) is 5. The molecule has 0 radical (unpaired) electrons. The summed E-state index contributed by atoms with van der Waals surface area (Å²) in [6.07, 6.45) is 4.46. The SMILES string of the molecule is Cc1ccc([N+](=O)[O-])c(NC2(C(=O)O)CCCCCC2)n1. The molecule has 1 aliphatic carbocycles. The molecule has 0 amide bonds. The highest BCUT2D eigenvalue weighted by Crippen LogP contribution is 2.33. The van der Waals surface area contributed by atoms with Crippen LogP contribution in [0.2, 0.25) is 0 Å². The summed E-state index contributed by atoms with van der Waals surface area (Å²) in [6, 6.07) is 2.90. The first-order valence-electron chi connectivity index (χ1n) is 7.08. The Morgan fingerprint density at radius 2 is 1.95 bits per heavy atom. The molecule has 1 heterocycles. The van der Waals surface area contributed by atoms with Crippen LogP contribution in [0.25, 0.3) is 0 Å². The van der Waals surface area contributed by atoms with Crippen LogP contribution in [0.5, 0.6) is 0 Å². The van der Waals surface area contributed by atoms with Gasteiger partial charge in [0.05, 0.1) is 4.92 Å². The number of carboxylic acids is 1. The van der Waals surface area contributed by atoms with Crippen LogP contribution < -0.4 is 5.32 Å². The number of aromatic nitrogens is 1. The topological polar surface area (TPSA) is 105 Å². The van der Waals surface area contributed by atoms with Gasteiger partial charge in [-0.1, -0.05) is 25.7 Å². The standard InChI is InChI=1S/C14H19N3O4/c1-10-6-7-11(17(20)21)12(15-10)16-14(13(18)19)8-4-2-3-5-9-14/h6-7H,2-5,8-9H2,1H3,(H,15,16)(H,18,19). The molecule has 1 saturated carbocycles.